The normalized spacial score (nSPS) is 11.1. The Morgan fingerprint density at radius 1 is 1.39 bits per heavy atom. The topological polar surface area (TPSA) is 60.6 Å². The Bertz CT molecular complexity index is 530. The molecule has 0 unspecified atom stereocenters. The average molecular weight is 313 g/mol. The zero-order valence-corrected chi connectivity index (χ0v) is 12.4. The molecule has 0 aromatic carbocycles. The van der Waals surface area contributed by atoms with Crippen LogP contribution in [0.5, 0.6) is 0 Å². The van der Waals surface area contributed by atoms with E-state index in [-0.39, 0.29) is 0 Å². The molecule has 7 heteroatoms. The van der Waals surface area contributed by atoms with Crippen LogP contribution in [0.2, 0.25) is 0 Å². The van der Waals surface area contributed by atoms with E-state index < -0.39 is 0 Å². The first-order valence-electron chi connectivity index (χ1n) is 5.88. The summed E-state index contributed by atoms with van der Waals surface area (Å²) in [5, 5.41) is 12.0. The molecule has 2 aromatic heterocycles. The van der Waals surface area contributed by atoms with Gasteiger partial charge in [0.1, 0.15) is 6.33 Å². The number of aryl methyl sites for hydroxylation is 2. The Hall–Kier alpha value is -1.21. The van der Waals surface area contributed by atoms with Crippen molar-refractivity contribution in [2.75, 3.05) is 6.54 Å². The van der Waals surface area contributed by atoms with Crippen LogP contribution in [-0.4, -0.2) is 31.1 Å². The van der Waals surface area contributed by atoms with E-state index in [1.807, 2.05) is 23.3 Å². The second-order valence-corrected chi connectivity index (χ2v) is 4.90. The van der Waals surface area contributed by atoms with E-state index in [0.29, 0.717) is 13.1 Å². The number of aromatic nitrogens is 5. The molecule has 2 heterocycles. The van der Waals surface area contributed by atoms with E-state index in [9.17, 15) is 0 Å². The zero-order valence-electron chi connectivity index (χ0n) is 10.8. The molecule has 6 nitrogen and oxygen atoms in total. The van der Waals surface area contributed by atoms with Crippen LogP contribution in [0, 0.1) is 6.92 Å². The van der Waals surface area contributed by atoms with Gasteiger partial charge in [0.2, 0.25) is 0 Å². The van der Waals surface area contributed by atoms with Crippen LogP contribution < -0.4 is 5.32 Å². The summed E-state index contributed by atoms with van der Waals surface area (Å²) in [6, 6.07) is 0. The number of hydrogen-bond acceptors (Lipinski definition) is 4. The molecule has 2 rings (SSSR count). The van der Waals surface area contributed by atoms with E-state index in [2.05, 4.69) is 43.4 Å². The first-order chi connectivity index (χ1) is 8.61. The highest BCUT2D eigenvalue weighted by Crippen LogP contribution is 2.20. The van der Waals surface area contributed by atoms with Crippen LogP contribution >= 0.6 is 15.9 Å². The van der Waals surface area contributed by atoms with E-state index in [0.717, 1.165) is 28.2 Å². The second kappa shape index (κ2) is 5.62. The molecule has 0 spiro atoms. The minimum absolute atomic E-state index is 0.664. The molecule has 0 aliphatic heterocycles. The minimum atomic E-state index is 0.664. The van der Waals surface area contributed by atoms with E-state index in [1.54, 1.807) is 6.33 Å². The summed E-state index contributed by atoms with van der Waals surface area (Å²) in [6.07, 6.45) is 1.75. The van der Waals surface area contributed by atoms with Crippen molar-refractivity contribution in [3.05, 3.63) is 28.0 Å². The quantitative estimate of drug-likeness (QED) is 0.902. The molecule has 1 N–H and O–H groups in total. The lowest BCUT2D eigenvalue weighted by atomic mass is 10.4. The molecular formula is C11H17BrN6. The minimum Gasteiger partial charge on any atom is -0.310 e. The van der Waals surface area contributed by atoms with Gasteiger partial charge in [0.15, 0.2) is 5.82 Å². The molecule has 98 valence electrons. The van der Waals surface area contributed by atoms with Crippen molar-refractivity contribution in [1.29, 1.82) is 0 Å². The predicted octanol–water partition coefficient (Wildman–Crippen LogP) is 1.24. The highest BCUT2D eigenvalue weighted by Gasteiger charge is 2.11. The fourth-order valence-corrected chi connectivity index (χ4v) is 2.19. The summed E-state index contributed by atoms with van der Waals surface area (Å²) in [7, 11) is 1.93. The predicted molar refractivity (Wildman–Crippen MR) is 72.1 cm³/mol. The van der Waals surface area contributed by atoms with Crippen molar-refractivity contribution in [3.63, 3.8) is 0 Å². The van der Waals surface area contributed by atoms with Gasteiger partial charge in [-0.05, 0) is 29.4 Å². The molecule has 0 saturated carbocycles. The third-order valence-electron chi connectivity index (χ3n) is 2.69. The van der Waals surface area contributed by atoms with E-state index >= 15 is 0 Å². The third-order valence-corrected chi connectivity index (χ3v) is 3.72. The maximum atomic E-state index is 4.42. The van der Waals surface area contributed by atoms with Gasteiger partial charge in [-0.2, -0.15) is 10.2 Å². The number of hydrogen-bond donors (Lipinski definition) is 1. The van der Waals surface area contributed by atoms with Crippen molar-refractivity contribution in [1.82, 2.24) is 29.9 Å². The lowest BCUT2D eigenvalue weighted by molar-refractivity contribution is 0.602. The largest absolute Gasteiger partial charge is 0.310 e. The van der Waals surface area contributed by atoms with Crippen LogP contribution in [0.4, 0.5) is 0 Å². The molecule has 0 radical (unpaired) electrons. The highest BCUT2D eigenvalue weighted by molar-refractivity contribution is 9.10. The van der Waals surface area contributed by atoms with Gasteiger partial charge in [0.25, 0.3) is 0 Å². The zero-order chi connectivity index (χ0) is 13.1. The Kier molecular flexibility index (Phi) is 4.13. The Labute approximate surface area is 115 Å². The standard InChI is InChI=1S/C11H17BrN6/c1-4-13-5-10-14-7-18(16-10)6-9-11(12)8(2)15-17(9)3/h7,13H,4-6H2,1-3H3. The molecule has 18 heavy (non-hydrogen) atoms. The number of nitrogens with zero attached hydrogens (tertiary/aromatic N) is 5. The summed E-state index contributed by atoms with van der Waals surface area (Å²) in [6.45, 7) is 6.32. The van der Waals surface area contributed by atoms with Crippen molar-refractivity contribution < 1.29 is 0 Å². The van der Waals surface area contributed by atoms with Gasteiger partial charge in [0.05, 0.1) is 29.0 Å². The first-order valence-corrected chi connectivity index (χ1v) is 6.68. The van der Waals surface area contributed by atoms with Crippen LogP contribution in [0.1, 0.15) is 24.1 Å². The van der Waals surface area contributed by atoms with E-state index in [1.165, 1.54) is 0 Å². The molecule has 0 bridgehead atoms. The number of rotatable bonds is 5. The van der Waals surface area contributed by atoms with Crippen LogP contribution in [0.3, 0.4) is 0 Å². The SMILES string of the molecule is CCNCc1ncn(Cc2c(Br)c(C)nn2C)n1. The summed E-state index contributed by atoms with van der Waals surface area (Å²) in [5.74, 6) is 0.812. The fraction of sp³-hybridized carbons (Fsp3) is 0.545. The van der Waals surface area contributed by atoms with Gasteiger partial charge in [-0.1, -0.05) is 6.92 Å². The van der Waals surface area contributed by atoms with Crippen LogP contribution in [-0.2, 0) is 20.1 Å². The summed E-state index contributed by atoms with van der Waals surface area (Å²) in [5.41, 5.74) is 2.08. The monoisotopic (exact) mass is 312 g/mol. The molecule has 0 fully saturated rings. The lowest BCUT2D eigenvalue weighted by Crippen LogP contribution is -2.13. The van der Waals surface area contributed by atoms with Crippen molar-refractivity contribution in [2.24, 2.45) is 7.05 Å². The number of halogens is 1. The molecule has 0 aliphatic carbocycles. The lowest BCUT2D eigenvalue weighted by Gasteiger charge is -2.02. The van der Waals surface area contributed by atoms with Gasteiger partial charge >= 0.3 is 0 Å². The Morgan fingerprint density at radius 2 is 2.17 bits per heavy atom. The first kappa shape index (κ1) is 13.2. The van der Waals surface area contributed by atoms with Gasteiger partial charge in [-0.15, -0.1) is 0 Å². The molecule has 0 saturated heterocycles. The Morgan fingerprint density at radius 3 is 2.78 bits per heavy atom. The molecule has 0 amide bonds. The van der Waals surface area contributed by atoms with Crippen molar-refractivity contribution >= 4 is 15.9 Å². The molecule has 2 aromatic rings. The average Bonchev–Trinajstić information content (AvgIpc) is 2.88. The van der Waals surface area contributed by atoms with Crippen LogP contribution in [0.15, 0.2) is 10.8 Å². The van der Waals surface area contributed by atoms with E-state index in [4.69, 9.17) is 0 Å². The second-order valence-electron chi connectivity index (χ2n) is 4.11. The summed E-state index contributed by atoms with van der Waals surface area (Å²) < 4.78 is 4.73. The van der Waals surface area contributed by atoms with Crippen molar-refractivity contribution in [2.45, 2.75) is 26.9 Å². The maximum Gasteiger partial charge on any atom is 0.164 e. The summed E-state index contributed by atoms with van der Waals surface area (Å²) >= 11 is 3.55. The van der Waals surface area contributed by atoms with Crippen molar-refractivity contribution in [3.8, 4) is 0 Å². The number of nitrogens with one attached hydrogen (secondary N) is 1. The molecular weight excluding hydrogens is 296 g/mol. The smallest absolute Gasteiger partial charge is 0.164 e. The Balaban J connectivity index is 2.11. The maximum absolute atomic E-state index is 4.42. The third kappa shape index (κ3) is 2.78. The fourth-order valence-electron chi connectivity index (χ4n) is 1.73. The van der Waals surface area contributed by atoms with Crippen LogP contribution in [0.25, 0.3) is 0 Å². The van der Waals surface area contributed by atoms with Gasteiger partial charge in [-0.25, -0.2) is 9.67 Å². The van der Waals surface area contributed by atoms with Gasteiger partial charge in [-0.3, -0.25) is 4.68 Å². The molecule has 0 atom stereocenters. The van der Waals surface area contributed by atoms with Gasteiger partial charge < -0.3 is 5.32 Å². The van der Waals surface area contributed by atoms with Gasteiger partial charge in [0, 0.05) is 7.05 Å². The molecule has 0 aliphatic rings. The summed E-state index contributed by atoms with van der Waals surface area (Å²) in [4.78, 5) is 4.26. The highest BCUT2D eigenvalue weighted by atomic mass is 79.9.